The monoisotopic (exact) mass is 594 g/mol. The molecule has 5 rings (SSSR count). The molecule has 2 heterocycles. The number of ether oxygens (including phenoxy) is 2. The van der Waals surface area contributed by atoms with Gasteiger partial charge < -0.3 is 19.8 Å². The van der Waals surface area contributed by atoms with Gasteiger partial charge in [-0.3, -0.25) is 9.62 Å². The van der Waals surface area contributed by atoms with Crippen molar-refractivity contribution >= 4 is 32.7 Å². The van der Waals surface area contributed by atoms with Gasteiger partial charge >= 0.3 is 6.09 Å². The molecular weight excluding hydrogens is 559 g/mol. The van der Waals surface area contributed by atoms with E-state index >= 15 is 0 Å². The van der Waals surface area contributed by atoms with E-state index in [-0.39, 0.29) is 16.2 Å². The lowest BCUT2D eigenvalue weighted by molar-refractivity contribution is 0.0385. The molecule has 1 aliphatic heterocycles. The third-order valence-electron chi connectivity index (χ3n) is 7.16. The second kappa shape index (κ2) is 12.1. The first-order valence-electron chi connectivity index (χ1n) is 13.8. The van der Waals surface area contributed by atoms with Crippen LogP contribution in [0.5, 0.6) is 5.88 Å². The molecule has 0 bridgehead atoms. The average Bonchev–Trinajstić information content (AvgIpc) is 3.30. The van der Waals surface area contributed by atoms with Crippen LogP contribution >= 0.6 is 0 Å². The maximum atomic E-state index is 14.3. The molecule has 1 aliphatic rings. The van der Waals surface area contributed by atoms with Crippen molar-refractivity contribution in [3.63, 3.8) is 0 Å². The number of rotatable bonds is 8. The minimum Gasteiger partial charge on any atom is -0.393 e. The molecule has 1 saturated heterocycles. The van der Waals surface area contributed by atoms with Crippen molar-refractivity contribution in [3.05, 3.63) is 78.1 Å². The van der Waals surface area contributed by atoms with Gasteiger partial charge in [-0.15, -0.1) is 0 Å². The quantitative estimate of drug-likeness (QED) is 0.249. The van der Waals surface area contributed by atoms with Crippen LogP contribution in [0.3, 0.4) is 0 Å². The van der Waals surface area contributed by atoms with E-state index in [1.54, 1.807) is 30.3 Å². The first kappa shape index (κ1) is 29.6. The molecule has 4 aromatic rings. The van der Waals surface area contributed by atoms with Crippen LogP contribution in [0.25, 0.3) is 22.0 Å². The predicted molar refractivity (Wildman–Crippen MR) is 161 cm³/mol. The Morgan fingerprint density at radius 2 is 1.79 bits per heavy atom. The van der Waals surface area contributed by atoms with Crippen LogP contribution < -0.4 is 14.8 Å². The van der Waals surface area contributed by atoms with E-state index in [4.69, 9.17) is 9.47 Å². The van der Waals surface area contributed by atoms with Gasteiger partial charge in [0.05, 0.1) is 23.7 Å². The first-order valence-corrected chi connectivity index (χ1v) is 15.3. The third-order valence-corrected chi connectivity index (χ3v) is 8.54. The molecule has 0 aliphatic carbocycles. The van der Waals surface area contributed by atoms with Gasteiger partial charge in [-0.05, 0) is 59.0 Å². The van der Waals surface area contributed by atoms with E-state index in [1.165, 1.54) is 24.3 Å². The number of anilines is 1. The SMILES string of the molecule is CC(C)(C)c1ccc(NS(=O)(=O)c2ccc3[nH]c(OC(=O)NCCN4CCOCC4)c(-c4cccc(F)c4)c3c2)cc1. The number of H-pyrrole nitrogens is 1. The molecule has 0 unspecified atom stereocenters. The minimum absolute atomic E-state index is 0.00747. The van der Waals surface area contributed by atoms with Gasteiger partial charge in [0, 0.05) is 42.8 Å². The zero-order chi connectivity index (χ0) is 29.9. The third kappa shape index (κ3) is 6.92. The van der Waals surface area contributed by atoms with E-state index in [0.29, 0.717) is 54.0 Å². The van der Waals surface area contributed by atoms with Crippen LogP contribution in [0.4, 0.5) is 14.9 Å². The first-order chi connectivity index (χ1) is 20.0. The van der Waals surface area contributed by atoms with Crippen molar-refractivity contribution in [1.29, 1.82) is 0 Å². The maximum Gasteiger partial charge on any atom is 0.413 e. The Bertz CT molecular complexity index is 1670. The summed E-state index contributed by atoms with van der Waals surface area (Å²) in [5, 5.41) is 3.21. The highest BCUT2D eigenvalue weighted by Crippen LogP contribution is 2.39. The number of morpholine rings is 1. The predicted octanol–water partition coefficient (Wildman–Crippen LogP) is 5.49. The number of sulfonamides is 1. The summed E-state index contributed by atoms with van der Waals surface area (Å²) in [6.07, 6.45) is -0.680. The highest BCUT2D eigenvalue weighted by atomic mass is 32.2. The number of carbonyl (C=O) groups is 1. The van der Waals surface area contributed by atoms with Gasteiger partial charge in [-0.2, -0.15) is 0 Å². The summed E-state index contributed by atoms with van der Waals surface area (Å²) in [5.74, 6) is -0.397. The van der Waals surface area contributed by atoms with Crippen molar-refractivity contribution in [3.8, 4) is 17.0 Å². The molecule has 0 saturated carbocycles. The summed E-state index contributed by atoms with van der Waals surface area (Å²) in [5.41, 5.74) is 2.77. The van der Waals surface area contributed by atoms with E-state index in [1.807, 2.05) is 12.1 Å². The number of carbonyl (C=O) groups excluding carboxylic acids is 1. The van der Waals surface area contributed by atoms with Gasteiger partial charge in [0.1, 0.15) is 5.82 Å². The minimum atomic E-state index is -3.97. The Morgan fingerprint density at radius 3 is 2.48 bits per heavy atom. The van der Waals surface area contributed by atoms with Crippen molar-refractivity contribution < 1.29 is 27.1 Å². The molecule has 1 amide bonds. The van der Waals surface area contributed by atoms with Crippen molar-refractivity contribution in [2.45, 2.75) is 31.1 Å². The van der Waals surface area contributed by atoms with Gasteiger partial charge in [-0.1, -0.05) is 45.0 Å². The molecule has 0 radical (unpaired) electrons. The fourth-order valence-corrected chi connectivity index (χ4v) is 5.93. The second-order valence-electron chi connectivity index (χ2n) is 11.3. The Morgan fingerprint density at radius 1 is 1.05 bits per heavy atom. The summed E-state index contributed by atoms with van der Waals surface area (Å²) in [6.45, 7) is 10.2. The number of hydrogen-bond donors (Lipinski definition) is 3. The lowest BCUT2D eigenvalue weighted by Gasteiger charge is -2.26. The van der Waals surface area contributed by atoms with Gasteiger partial charge in [0.25, 0.3) is 10.0 Å². The topological polar surface area (TPSA) is 113 Å². The molecular formula is C31H35FN4O5S. The Labute approximate surface area is 245 Å². The summed E-state index contributed by atoms with van der Waals surface area (Å²) in [4.78, 5) is 18.0. The van der Waals surface area contributed by atoms with E-state index in [0.717, 1.165) is 18.7 Å². The molecule has 3 N–H and O–H groups in total. The van der Waals surface area contributed by atoms with Crippen LogP contribution in [0, 0.1) is 5.82 Å². The summed E-state index contributed by atoms with van der Waals surface area (Å²) >= 11 is 0. The number of aromatic amines is 1. The molecule has 0 spiro atoms. The van der Waals surface area contributed by atoms with Gasteiger partial charge in [0.2, 0.25) is 5.88 Å². The van der Waals surface area contributed by atoms with Gasteiger partial charge in [0.15, 0.2) is 0 Å². The molecule has 9 nitrogen and oxygen atoms in total. The summed E-state index contributed by atoms with van der Waals surface area (Å²) in [6, 6.07) is 17.6. The lowest BCUT2D eigenvalue weighted by Crippen LogP contribution is -2.41. The number of amides is 1. The fraction of sp³-hybridized carbons (Fsp3) is 0.323. The van der Waals surface area contributed by atoms with Crippen LogP contribution in [0.1, 0.15) is 26.3 Å². The molecule has 11 heteroatoms. The number of nitrogens with one attached hydrogen (secondary N) is 3. The lowest BCUT2D eigenvalue weighted by atomic mass is 9.87. The van der Waals surface area contributed by atoms with E-state index < -0.39 is 21.9 Å². The van der Waals surface area contributed by atoms with Crippen molar-refractivity contribution in [2.24, 2.45) is 0 Å². The number of fused-ring (bicyclic) bond motifs is 1. The maximum absolute atomic E-state index is 14.3. The molecule has 1 fully saturated rings. The van der Waals surface area contributed by atoms with Gasteiger partial charge in [-0.25, -0.2) is 17.6 Å². The van der Waals surface area contributed by atoms with Crippen LogP contribution in [-0.2, 0) is 20.2 Å². The number of aromatic nitrogens is 1. The van der Waals surface area contributed by atoms with Crippen LogP contribution in [-0.4, -0.2) is 63.8 Å². The largest absolute Gasteiger partial charge is 0.413 e. The molecule has 1 aromatic heterocycles. The number of halogens is 1. The Kier molecular flexibility index (Phi) is 8.53. The normalized spacial score (nSPS) is 14.6. The number of nitrogens with zero attached hydrogens (tertiary/aromatic N) is 1. The standard InChI is InChI=1S/C31H35FN4O5S/c1-31(2,3)22-7-9-24(10-8-22)35-42(38,39)25-11-12-27-26(20-25)28(21-5-4-6-23(32)19-21)29(34-27)41-30(37)33-13-14-36-15-17-40-18-16-36/h4-12,19-20,34-35H,13-18H2,1-3H3,(H,33,37). The zero-order valence-electron chi connectivity index (χ0n) is 23.9. The van der Waals surface area contributed by atoms with Crippen LogP contribution in [0.2, 0.25) is 0 Å². The second-order valence-corrected chi connectivity index (χ2v) is 12.9. The van der Waals surface area contributed by atoms with E-state index in [9.17, 15) is 17.6 Å². The molecule has 0 atom stereocenters. The Hall–Kier alpha value is -3.93. The summed E-state index contributed by atoms with van der Waals surface area (Å²) in [7, 11) is -3.97. The fourth-order valence-electron chi connectivity index (χ4n) is 4.84. The zero-order valence-corrected chi connectivity index (χ0v) is 24.7. The molecule has 3 aromatic carbocycles. The average molecular weight is 595 g/mol. The highest BCUT2D eigenvalue weighted by molar-refractivity contribution is 7.92. The van der Waals surface area contributed by atoms with Crippen molar-refractivity contribution in [2.75, 3.05) is 44.1 Å². The smallest absolute Gasteiger partial charge is 0.393 e. The molecule has 222 valence electrons. The van der Waals surface area contributed by atoms with Crippen molar-refractivity contribution in [1.82, 2.24) is 15.2 Å². The molecule has 42 heavy (non-hydrogen) atoms. The number of hydrogen-bond acceptors (Lipinski definition) is 6. The number of benzene rings is 3. The van der Waals surface area contributed by atoms with Crippen LogP contribution in [0.15, 0.2) is 71.6 Å². The highest BCUT2D eigenvalue weighted by Gasteiger charge is 2.22. The Balaban J connectivity index is 1.42. The van der Waals surface area contributed by atoms with E-state index in [2.05, 4.69) is 40.7 Å². The summed E-state index contributed by atoms with van der Waals surface area (Å²) < 4.78 is 54.6.